The van der Waals surface area contributed by atoms with Crippen molar-refractivity contribution >= 4 is 27.3 Å². The van der Waals surface area contributed by atoms with Crippen molar-refractivity contribution in [3.05, 3.63) is 64.2 Å². The van der Waals surface area contributed by atoms with E-state index in [1.165, 1.54) is 6.26 Å². The molecule has 0 saturated heterocycles. The summed E-state index contributed by atoms with van der Waals surface area (Å²) >= 11 is 5.96. The smallest absolute Gasteiger partial charge is 0.224 e. The Morgan fingerprint density at radius 3 is 2.36 bits per heavy atom. The number of sulfone groups is 1. The fourth-order valence-corrected chi connectivity index (χ4v) is 3.37. The van der Waals surface area contributed by atoms with Gasteiger partial charge >= 0.3 is 0 Å². The van der Waals surface area contributed by atoms with Gasteiger partial charge in [0.25, 0.3) is 0 Å². The van der Waals surface area contributed by atoms with Crippen molar-refractivity contribution in [1.82, 2.24) is 5.32 Å². The molecule has 0 spiro atoms. The summed E-state index contributed by atoms with van der Waals surface area (Å²) < 4.78 is 27.8. The van der Waals surface area contributed by atoms with Crippen LogP contribution in [-0.2, 0) is 33.4 Å². The summed E-state index contributed by atoms with van der Waals surface area (Å²) in [7, 11) is -1.51. The summed E-state index contributed by atoms with van der Waals surface area (Å²) in [4.78, 5) is 12.1. The van der Waals surface area contributed by atoms with Gasteiger partial charge in [0.05, 0.1) is 19.3 Å². The highest BCUT2D eigenvalue weighted by atomic mass is 35.5. The number of hydrogen-bond donors (Lipinski definition) is 1. The number of rotatable bonds is 7. The van der Waals surface area contributed by atoms with Crippen molar-refractivity contribution in [3.8, 4) is 5.75 Å². The van der Waals surface area contributed by atoms with Crippen LogP contribution in [0.25, 0.3) is 0 Å². The second kappa shape index (κ2) is 8.36. The van der Waals surface area contributed by atoms with Gasteiger partial charge in [-0.25, -0.2) is 8.42 Å². The van der Waals surface area contributed by atoms with E-state index in [9.17, 15) is 13.2 Å². The average molecular weight is 382 g/mol. The Kier molecular flexibility index (Phi) is 6.45. The number of methoxy groups -OCH3 is 1. The lowest BCUT2D eigenvalue weighted by Gasteiger charge is -2.10. The van der Waals surface area contributed by atoms with Gasteiger partial charge < -0.3 is 10.1 Å². The molecule has 25 heavy (non-hydrogen) atoms. The molecule has 0 aliphatic heterocycles. The Hall–Kier alpha value is -2.05. The second-order valence-corrected chi connectivity index (χ2v) is 8.37. The molecule has 2 aromatic rings. The molecule has 0 aliphatic rings. The van der Waals surface area contributed by atoms with E-state index >= 15 is 0 Å². The van der Waals surface area contributed by atoms with Crippen LogP contribution in [0.15, 0.2) is 42.5 Å². The minimum atomic E-state index is -3.05. The zero-order valence-corrected chi connectivity index (χ0v) is 15.7. The van der Waals surface area contributed by atoms with Crippen LogP contribution in [0.5, 0.6) is 5.75 Å². The number of nitrogens with one attached hydrogen (secondary N) is 1. The monoisotopic (exact) mass is 381 g/mol. The van der Waals surface area contributed by atoms with Crippen LogP contribution in [0.1, 0.15) is 16.7 Å². The fourth-order valence-electron chi connectivity index (χ4n) is 2.38. The molecule has 2 aromatic carbocycles. The first-order valence-corrected chi connectivity index (χ1v) is 10.1. The lowest BCUT2D eigenvalue weighted by atomic mass is 10.1. The quantitative estimate of drug-likeness (QED) is 0.800. The predicted octanol–water partition coefficient (Wildman–Crippen LogP) is 2.75. The molecule has 0 saturated carbocycles. The van der Waals surface area contributed by atoms with Gasteiger partial charge in [-0.2, -0.15) is 0 Å². The lowest BCUT2D eigenvalue weighted by Crippen LogP contribution is -2.24. The molecule has 0 bridgehead atoms. The molecule has 0 heterocycles. The SMILES string of the molecule is COc1ccc(Cl)cc1CC(=O)NCc1ccc(CS(C)(=O)=O)cc1. The maximum atomic E-state index is 12.1. The van der Waals surface area contributed by atoms with E-state index < -0.39 is 9.84 Å². The van der Waals surface area contributed by atoms with Crippen molar-refractivity contribution in [1.29, 1.82) is 0 Å². The molecule has 0 aromatic heterocycles. The number of hydrogen-bond acceptors (Lipinski definition) is 4. The molecular formula is C18H20ClNO4S. The molecule has 0 aliphatic carbocycles. The van der Waals surface area contributed by atoms with E-state index in [2.05, 4.69) is 5.32 Å². The topological polar surface area (TPSA) is 72.5 Å². The summed E-state index contributed by atoms with van der Waals surface area (Å²) in [6.07, 6.45) is 1.36. The number of benzene rings is 2. The summed E-state index contributed by atoms with van der Waals surface area (Å²) in [5.74, 6) is 0.472. The predicted molar refractivity (Wildman–Crippen MR) is 98.5 cm³/mol. The van der Waals surface area contributed by atoms with E-state index in [-0.39, 0.29) is 18.1 Å². The highest BCUT2D eigenvalue weighted by Gasteiger charge is 2.10. The molecule has 7 heteroatoms. The zero-order valence-electron chi connectivity index (χ0n) is 14.1. The van der Waals surface area contributed by atoms with Crippen molar-refractivity contribution < 1.29 is 17.9 Å². The minimum absolute atomic E-state index is 0.00814. The van der Waals surface area contributed by atoms with Crippen molar-refractivity contribution in [2.24, 2.45) is 0 Å². The standard InChI is InChI=1S/C18H20ClNO4S/c1-24-17-8-7-16(19)9-15(17)10-18(21)20-11-13-3-5-14(6-4-13)12-25(2,22)23/h3-9H,10-12H2,1-2H3,(H,20,21). The third-order valence-electron chi connectivity index (χ3n) is 3.53. The Morgan fingerprint density at radius 2 is 1.76 bits per heavy atom. The third-order valence-corrected chi connectivity index (χ3v) is 4.63. The van der Waals surface area contributed by atoms with Gasteiger partial charge in [0, 0.05) is 23.4 Å². The minimum Gasteiger partial charge on any atom is -0.496 e. The van der Waals surface area contributed by atoms with Gasteiger partial charge in [-0.3, -0.25) is 4.79 Å². The highest BCUT2D eigenvalue weighted by molar-refractivity contribution is 7.89. The Balaban J connectivity index is 1.93. The molecular weight excluding hydrogens is 362 g/mol. The molecule has 0 fully saturated rings. The van der Waals surface area contributed by atoms with Gasteiger partial charge in [0.15, 0.2) is 9.84 Å². The van der Waals surface area contributed by atoms with Crippen LogP contribution in [0.3, 0.4) is 0 Å². The van der Waals surface area contributed by atoms with Gasteiger partial charge in [-0.15, -0.1) is 0 Å². The van der Waals surface area contributed by atoms with E-state index in [0.29, 0.717) is 17.3 Å². The average Bonchev–Trinajstić information content (AvgIpc) is 2.53. The van der Waals surface area contributed by atoms with E-state index in [1.54, 1.807) is 49.6 Å². The molecule has 1 N–H and O–H groups in total. The van der Waals surface area contributed by atoms with Crippen molar-refractivity contribution in [2.75, 3.05) is 13.4 Å². The number of amides is 1. The van der Waals surface area contributed by atoms with E-state index in [1.807, 2.05) is 0 Å². The molecule has 0 radical (unpaired) electrons. The van der Waals surface area contributed by atoms with Crippen LogP contribution < -0.4 is 10.1 Å². The largest absolute Gasteiger partial charge is 0.496 e. The number of carbonyl (C=O) groups is 1. The molecule has 134 valence electrons. The maximum Gasteiger partial charge on any atom is 0.224 e. The van der Waals surface area contributed by atoms with Crippen LogP contribution in [0, 0.1) is 0 Å². The van der Waals surface area contributed by atoms with Gasteiger partial charge in [-0.05, 0) is 29.3 Å². The summed E-state index contributed by atoms with van der Waals surface area (Å²) in [5.41, 5.74) is 2.33. The second-order valence-electron chi connectivity index (χ2n) is 5.80. The number of carbonyl (C=O) groups excluding carboxylic acids is 1. The molecule has 1 amide bonds. The maximum absolute atomic E-state index is 12.1. The summed E-state index contributed by atoms with van der Waals surface area (Å²) in [6.45, 7) is 0.362. The van der Waals surface area contributed by atoms with Crippen molar-refractivity contribution in [3.63, 3.8) is 0 Å². The first-order chi connectivity index (χ1) is 11.8. The lowest BCUT2D eigenvalue weighted by molar-refractivity contribution is -0.120. The summed E-state index contributed by atoms with van der Waals surface area (Å²) in [5, 5.41) is 3.38. The Morgan fingerprint density at radius 1 is 1.12 bits per heavy atom. The summed E-state index contributed by atoms with van der Waals surface area (Å²) in [6, 6.07) is 12.3. The zero-order chi connectivity index (χ0) is 18.4. The third kappa shape index (κ3) is 6.40. The first kappa shape index (κ1) is 19.3. The van der Waals surface area contributed by atoms with Crippen LogP contribution in [0.4, 0.5) is 0 Å². The fraction of sp³-hybridized carbons (Fsp3) is 0.278. The Labute approximate surface area is 152 Å². The highest BCUT2D eigenvalue weighted by Crippen LogP contribution is 2.23. The van der Waals surface area contributed by atoms with E-state index in [4.69, 9.17) is 16.3 Å². The van der Waals surface area contributed by atoms with Crippen LogP contribution in [0.2, 0.25) is 5.02 Å². The molecule has 2 rings (SSSR count). The van der Waals surface area contributed by atoms with E-state index in [0.717, 1.165) is 16.7 Å². The number of halogens is 1. The number of ether oxygens (including phenoxy) is 1. The van der Waals surface area contributed by atoms with Crippen LogP contribution in [-0.4, -0.2) is 27.7 Å². The van der Waals surface area contributed by atoms with Crippen LogP contribution >= 0.6 is 11.6 Å². The Bertz CT molecular complexity index is 848. The normalized spacial score (nSPS) is 11.2. The van der Waals surface area contributed by atoms with Gasteiger partial charge in [0.1, 0.15) is 5.75 Å². The molecule has 0 atom stereocenters. The van der Waals surface area contributed by atoms with Crippen molar-refractivity contribution in [2.45, 2.75) is 18.7 Å². The van der Waals surface area contributed by atoms with Gasteiger partial charge in [0.2, 0.25) is 5.91 Å². The molecule has 5 nitrogen and oxygen atoms in total. The molecule has 0 unspecified atom stereocenters. The first-order valence-electron chi connectivity index (χ1n) is 7.61. The van der Waals surface area contributed by atoms with Gasteiger partial charge in [-0.1, -0.05) is 35.9 Å².